The molecule has 1 saturated heterocycles. The molecular formula is C16H14ClN5O2S. The van der Waals surface area contributed by atoms with Crippen molar-refractivity contribution in [3.63, 3.8) is 0 Å². The summed E-state index contributed by atoms with van der Waals surface area (Å²) >= 11 is 7.50. The first kappa shape index (κ1) is 16.0. The van der Waals surface area contributed by atoms with E-state index in [0.29, 0.717) is 23.8 Å². The normalized spacial score (nSPS) is 14.9. The van der Waals surface area contributed by atoms with Crippen LogP contribution < -0.4 is 9.80 Å². The number of rotatable bonds is 3. The maximum Gasteiger partial charge on any atom is 0.294 e. The van der Waals surface area contributed by atoms with Gasteiger partial charge in [-0.25, -0.2) is 9.97 Å². The van der Waals surface area contributed by atoms with Crippen LogP contribution in [0.4, 0.5) is 17.2 Å². The second-order valence-corrected chi connectivity index (χ2v) is 7.03. The molecule has 2 aromatic heterocycles. The Kier molecular flexibility index (Phi) is 4.14. The zero-order valence-electron chi connectivity index (χ0n) is 13.1. The first-order valence-electron chi connectivity index (χ1n) is 7.75. The molecule has 0 radical (unpaired) electrons. The molecule has 7 nitrogen and oxygen atoms in total. The molecule has 4 rings (SSSR count). The number of anilines is 2. The van der Waals surface area contributed by atoms with Crippen molar-refractivity contribution in [3.05, 3.63) is 51.1 Å². The molecule has 1 aliphatic rings. The maximum atomic E-state index is 11.3. The van der Waals surface area contributed by atoms with Crippen LogP contribution in [0.15, 0.2) is 36.0 Å². The van der Waals surface area contributed by atoms with E-state index in [2.05, 4.69) is 14.9 Å². The monoisotopic (exact) mass is 375 g/mol. The lowest BCUT2D eigenvalue weighted by Crippen LogP contribution is -2.47. The lowest BCUT2D eigenvalue weighted by atomic mass is 10.2. The van der Waals surface area contributed by atoms with Crippen molar-refractivity contribution in [2.45, 2.75) is 0 Å². The minimum atomic E-state index is -0.382. The number of fused-ring (bicyclic) bond motifs is 1. The van der Waals surface area contributed by atoms with Gasteiger partial charge in [0.05, 0.1) is 10.3 Å². The Labute approximate surface area is 152 Å². The summed E-state index contributed by atoms with van der Waals surface area (Å²) in [5.74, 6) is 0.927. The van der Waals surface area contributed by atoms with E-state index in [-0.39, 0.29) is 10.6 Å². The number of thiophene rings is 1. The second-order valence-electron chi connectivity index (χ2n) is 5.70. The molecule has 1 aliphatic heterocycles. The predicted octanol–water partition coefficient (Wildman–Crippen LogP) is 3.58. The molecule has 3 heterocycles. The van der Waals surface area contributed by atoms with E-state index in [9.17, 15) is 10.1 Å². The number of nitrogens with zero attached hydrogens (tertiary/aromatic N) is 5. The highest BCUT2D eigenvalue weighted by Gasteiger charge is 2.25. The van der Waals surface area contributed by atoms with Crippen LogP contribution in [0.2, 0.25) is 5.02 Å². The lowest BCUT2D eigenvalue weighted by Gasteiger charge is -2.36. The highest BCUT2D eigenvalue weighted by atomic mass is 35.5. The molecule has 25 heavy (non-hydrogen) atoms. The lowest BCUT2D eigenvalue weighted by molar-refractivity contribution is -0.384. The Morgan fingerprint density at radius 2 is 1.88 bits per heavy atom. The fourth-order valence-electron chi connectivity index (χ4n) is 3.10. The Morgan fingerprint density at radius 1 is 1.12 bits per heavy atom. The van der Waals surface area contributed by atoms with Gasteiger partial charge < -0.3 is 9.80 Å². The number of benzene rings is 1. The van der Waals surface area contributed by atoms with Crippen LogP contribution in [0.1, 0.15) is 0 Å². The molecule has 0 aliphatic carbocycles. The van der Waals surface area contributed by atoms with Gasteiger partial charge in [0, 0.05) is 37.3 Å². The van der Waals surface area contributed by atoms with Gasteiger partial charge in [-0.1, -0.05) is 11.6 Å². The van der Waals surface area contributed by atoms with Crippen molar-refractivity contribution >= 4 is 50.3 Å². The number of hydrogen-bond donors (Lipinski definition) is 0. The van der Waals surface area contributed by atoms with Gasteiger partial charge in [-0.05, 0) is 23.6 Å². The van der Waals surface area contributed by atoms with Crippen LogP contribution in [0.5, 0.6) is 0 Å². The first-order valence-corrected chi connectivity index (χ1v) is 9.01. The molecule has 0 N–H and O–H groups in total. The first-order chi connectivity index (χ1) is 12.1. The highest BCUT2D eigenvalue weighted by molar-refractivity contribution is 7.16. The van der Waals surface area contributed by atoms with Gasteiger partial charge in [0.2, 0.25) is 0 Å². The van der Waals surface area contributed by atoms with Gasteiger partial charge in [0.15, 0.2) is 0 Å². The van der Waals surface area contributed by atoms with Crippen LogP contribution in [0.3, 0.4) is 0 Å². The minimum Gasteiger partial charge on any atom is -0.362 e. The fraction of sp³-hybridized carbons (Fsp3) is 0.250. The molecule has 0 atom stereocenters. The molecule has 1 aromatic carbocycles. The van der Waals surface area contributed by atoms with Crippen molar-refractivity contribution in [3.8, 4) is 0 Å². The average molecular weight is 376 g/mol. The molecule has 9 heteroatoms. The summed E-state index contributed by atoms with van der Waals surface area (Å²) in [6, 6.07) is 6.85. The van der Waals surface area contributed by atoms with Crippen LogP contribution in [0, 0.1) is 10.1 Å². The van der Waals surface area contributed by atoms with Crippen molar-refractivity contribution < 1.29 is 4.92 Å². The summed E-state index contributed by atoms with van der Waals surface area (Å²) in [5.41, 5.74) is 0.653. The molecule has 0 spiro atoms. The van der Waals surface area contributed by atoms with E-state index in [1.165, 1.54) is 6.07 Å². The van der Waals surface area contributed by atoms with E-state index in [0.717, 1.165) is 29.1 Å². The van der Waals surface area contributed by atoms with Crippen LogP contribution in [-0.2, 0) is 0 Å². The maximum absolute atomic E-state index is 11.3. The van der Waals surface area contributed by atoms with Gasteiger partial charge in [-0.2, -0.15) is 0 Å². The average Bonchev–Trinajstić information content (AvgIpc) is 3.10. The fourth-order valence-corrected chi connectivity index (χ4v) is 3.99. The van der Waals surface area contributed by atoms with Crippen LogP contribution in [-0.4, -0.2) is 41.1 Å². The van der Waals surface area contributed by atoms with E-state index < -0.39 is 0 Å². The topological polar surface area (TPSA) is 75.4 Å². The Balaban J connectivity index is 1.56. The molecular weight excluding hydrogens is 362 g/mol. The van der Waals surface area contributed by atoms with Crippen molar-refractivity contribution in [1.29, 1.82) is 0 Å². The number of halogens is 1. The SMILES string of the molecule is O=[N+]([O-])c1cc(Cl)ccc1N1CCN(c2ncnc3sccc23)CC1. The summed E-state index contributed by atoms with van der Waals surface area (Å²) in [6.45, 7) is 2.83. The highest BCUT2D eigenvalue weighted by Crippen LogP contribution is 2.33. The van der Waals surface area contributed by atoms with E-state index in [4.69, 9.17) is 11.6 Å². The van der Waals surface area contributed by atoms with Gasteiger partial charge in [0.1, 0.15) is 22.7 Å². The number of piperazine rings is 1. The van der Waals surface area contributed by atoms with Crippen molar-refractivity contribution in [2.75, 3.05) is 36.0 Å². The predicted molar refractivity (Wildman–Crippen MR) is 99.9 cm³/mol. The number of hydrogen-bond acceptors (Lipinski definition) is 7. The summed E-state index contributed by atoms with van der Waals surface area (Å²) in [6.07, 6.45) is 1.59. The molecule has 0 bridgehead atoms. The minimum absolute atomic E-state index is 0.0446. The zero-order valence-corrected chi connectivity index (χ0v) is 14.7. The summed E-state index contributed by atoms with van der Waals surface area (Å²) < 4.78 is 0. The summed E-state index contributed by atoms with van der Waals surface area (Å²) in [7, 11) is 0. The molecule has 0 amide bonds. The number of nitro groups is 1. The Bertz CT molecular complexity index is 939. The largest absolute Gasteiger partial charge is 0.362 e. The van der Waals surface area contributed by atoms with E-state index in [1.807, 2.05) is 16.3 Å². The standard InChI is InChI=1S/C16H14ClN5O2S/c17-11-1-2-13(14(9-11)22(23)24)20-4-6-21(7-5-20)15-12-3-8-25-16(12)19-10-18-15/h1-3,8-10H,4-7H2. The molecule has 0 unspecified atom stereocenters. The van der Waals surface area contributed by atoms with Gasteiger partial charge in [0.25, 0.3) is 5.69 Å². The smallest absolute Gasteiger partial charge is 0.294 e. The quantitative estimate of drug-likeness (QED) is 0.514. The van der Waals surface area contributed by atoms with E-state index >= 15 is 0 Å². The van der Waals surface area contributed by atoms with Crippen LogP contribution in [0.25, 0.3) is 10.2 Å². The molecule has 0 saturated carbocycles. The van der Waals surface area contributed by atoms with Gasteiger partial charge >= 0.3 is 0 Å². The Hall–Kier alpha value is -2.45. The third-order valence-corrected chi connectivity index (χ3v) is 5.35. The van der Waals surface area contributed by atoms with Gasteiger partial charge in [-0.15, -0.1) is 11.3 Å². The van der Waals surface area contributed by atoms with Gasteiger partial charge in [-0.3, -0.25) is 10.1 Å². The molecule has 1 fully saturated rings. The molecule has 3 aromatic rings. The second kappa shape index (κ2) is 6.45. The number of aromatic nitrogens is 2. The third kappa shape index (κ3) is 2.98. The summed E-state index contributed by atoms with van der Waals surface area (Å²) in [4.78, 5) is 24.8. The molecule has 128 valence electrons. The zero-order chi connectivity index (χ0) is 17.4. The van der Waals surface area contributed by atoms with E-state index in [1.54, 1.807) is 29.8 Å². The summed E-state index contributed by atoms with van der Waals surface area (Å²) in [5, 5.41) is 14.7. The Morgan fingerprint density at radius 3 is 2.64 bits per heavy atom. The number of nitro benzene ring substituents is 1. The van der Waals surface area contributed by atoms with Crippen LogP contribution >= 0.6 is 22.9 Å². The van der Waals surface area contributed by atoms with Crippen molar-refractivity contribution in [2.24, 2.45) is 0 Å². The van der Waals surface area contributed by atoms with Crippen molar-refractivity contribution in [1.82, 2.24) is 9.97 Å². The third-order valence-electron chi connectivity index (χ3n) is 4.29.